The molecular weight excluding hydrogens is 412 g/mol. The molecule has 0 aliphatic heterocycles. The molecule has 1 aromatic carbocycles. The number of thioether (sulfide) groups is 1. The van der Waals surface area contributed by atoms with Crippen LogP contribution in [0.3, 0.4) is 0 Å². The second kappa shape index (κ2) is 10.1. The van der Waals surface area contributed by atoms with E-state index in [-0.39, 0.29) is 11.6 Å². The van der Waals surface area contributed by atoms with Crippen molar-refractivity contribution in [2.45, 2.75) is 51.1 Å². The van der Waals surface area contributed by atoms with Crippen LogP contribution in [0.2, 0.25) is 0 Å². The molecule has 0 fully saturated rings. The van der Waals surface area contributed by atoms with Crippen molar-refractivity contribution in [2.75, 3.05) is 13.7 Å². The highest BCUT2D eigenvalue weighted by Gasteiger charge is 2.26. The lowest BCUT2D eigenvalue weighted by atomic mass is 10.0. The van der Waals surface area contributed by atoms with Gasteiger partial charge in [-0.05, 0) is 38.8 Å². The van der Waals surface area contributed by atoms with Crippen LogP contribution in [0.1, 0.15) is 57.3 Å². The Bertz CT molecular complexity index is 1070. The summed E-state index contributed by atoms with van der Waals surface area (Å²) >= 11 is 1.37. The highest BCUT2D eigenvalue weighted by Crippen LogP contribution is 2.28. The number of H-pyrrole nitrogens is 1. The molecular formula is C23H28N4O3S. The van der Waals surface area contributed by atoms with Crippen molar-refractivity contribution in [1.82, 2.24) is 19.7 Å². The first kappa shape index (κ1) is 23.0. The van der Waals surface area contributed by atoms with E-state index in [1.807, 2.05) is 43.5 Å². The summed E-state index contributed by atoms with van der Waals surface area (Å²) in [7, 11) is 1.66. The molecule has 1 N–H and O–H groups in total. The molecule has 3 aromatic rings. The van der Waals surface area contributed by atoms with E-state index in [4.69, 9.17) is 4.74 Å². The number of aromatic nitrogens is 4. The van der Waals surface area contributed by atoms with Crippen LogP contribution >= 0.6 is 11.8 Å². The van der Waals surface area contributed by atoms with Gasteiger partial charge >= 0.3 is 0 Å². The summed E-state index contributed by atoms with van der Waals surface area (Å²) in [5, 5.41) is 9.02. The van der Waals surface area contributed by atoms with Crippen molar-refractivity contribution in [3.05, 3.63) is 64.2 Å². The van der Waals surface area contributed by atoms with Gasteiger partial charge in [-0.1, -0.05) is 42.1 Å². The van der Waals surface area contributed by atoms with Crippen molar-refractivity contribution in [3.8, 4) is 0 Å². The van der Waals surface area contributed by atoms with E-state index in [0.29, 0.717) is 41.5 Å². The van der Waals surface area contributed by atoms with Gasteiger partial charge in [0, 0.05) is 31.3 Å². The standard InChI is InChI=1S/C23H28N4O3S/c1-14-20(16(3)28)15(2)24-21(14)22(29)17(4)31-23-26-25-19(27(23)11-12-30-5)13-18-9-7-6-8-10-18/h6-10,17,24H,11-13H2,1-5H3/t17-/m0/s1. The fraction of sp³-hybridized carbons (Fsp3) is 0.391. The van der Waals surface area contributed by atoms with Crippen LogP contribution in [0.5, 0.6) is 0 Å². The number of nitrogens with one attached hydrogen (secondary N) is 1. The fourth-order valence-corrected chi connectivity index (χ4v) is 4.61. The van der Waals surface area contributed by atoms with Gasteiger partial charge in [0.2, 0.25) is 0 Å². The number of Topliss-reactive ketones (excluding diaryl/α,β-unsaturated/α-hetero) is 2. The number of methoxy groups -OCH3 is 1. The lowest BCUT2D eigenvalue weighted by molar-refractivity contribution is 0.0988. The van der Waals surface area contributed by atoms with Gasteiger partial charge in [-0.3, -0.25) is 9.59 Å². The van der Waals surface area contributed by atoms with Crippen molar-refractivity contribution >= 4 is 23.3 Å². The van der Waals surface area contributed by atoms with Crippen molar-refractivity contribution in [2.24, 2.45) is 0 Å². The molecule has 0 amide bonds. The molecule has 0 aliphatic rings. The van der Waals surface area contributed by atoms with Gasteiger partial charge in [-0.25, -0.2) is 0 Å². The second-order valence-corrected chi connectivity index (χ2v) is 8.82. The smallest absolute Gasteiger partial charge is 0.192 e. The Morgan fingerprint density at radius 2 is 1.90 bits per heavy atom. The number of hydrogen-bond acceptors (Lipinski definition) is 6. The second-order valence-electron chi connectivity index (χ2n) is 7.51. The maximum absolute atomic E-state index is 13.1. The molecule has 0 radical (unpaired) electrons. The average Bonchev–Trinajstić information content (AvgIpc) is 3.25. The highest BCUT2D eigenvalue weighted by molar-refractivity contribution is 8.00. The van der Waals surface area contributed by atoms with Gasteiger partial charge < -0.3 is 14.3 Å². The number of aryl methyl sites for hydroxylation is 1. The molecule has 3 rings (SSSR count). The first-order valence-corrected chi connectivity index (χ1v) is 11.1. The minimum atomic E-state index is -0.397. The summed E-state index contributed by atoms with van der Waals surface area (Å²) in [6.45, 7) is 8.11. The largest absolute Gasteiger partial charge is 0.383 e. The van der Waals surface area contributed by atoms with E-state index in [2.05, 4.69) is 27.3 Å². The molecule has 0 spiro atoms. The van der Waals surface area contributed by atoms with Crippen molar-refractivity contribution in [1.29, 1.82) is 0 Å². The molecule has 2 heterocycles. The number of ketones is 2. The molecule has 1 atom stereocenters. The lowest BCUT2D eigenvalue weighted by Crippen LogP contribution is -2.17. The Labute approximate surface area is 186 Å². The number of rotatable bonds is 10. The number of aromatic amines is 1. The Balaban J connectivity index is 1.83. The number of carbonyl (C=O) groups excluding carboxylic acids is 2. The molecule has 31 heavy (non-hydrogen) atoms. The number of ether oxygens (including phenoxy) is 1. The number of benzene rings is 1. The van der Waals surface area contributed by atoms with Gasteiger partial charge in [-0.15, -0.1) is 10.2 Å². The lowest BCUT2D eigenvalue weighted by Gasteiger charge is -2.13. The van der Waals surface area contributed by atoms with E-state index in [1.54, 1.807) is 7.11 Å². The fourth-order valence-electron chi connectivity index (χ4n) is 3.66. The van der Waals surface area contributed by atoms with E-state index >= 15 is 0 Å². The number of nitrogens with zero attached hydrogens (tertiary/aromatic N) is 3. The van der Waals surface area contributed by atoms with E-state index in [0.717, 1.165) is 17.1 Å². The van der Waals surface area contributed by atoms with Crippen LogP contribution in [0.4, 0.5) is 0 Å². The van der Waals surface area contributed by atoms with Crippen molar-refractivity contribution in [3.63, 3.8) is 0 Å². The SMILES string of the molecule is COCCn1c(Cc2ccccc2)nnc1S[C@@H](C)C(=O)c1[nH]c(C)c(C(C)=O)c1C. The maximum atomic E-state index is 13.1. The van der Waals surface area contributed by atoms with Gasteiger partial charge in [0.1, 0.15) is 5.82 Å². The monoisotopic (exact) mass is 440 g/mol. The van der Waals surface area contributed by atoms with E-state index in [9.17, 15) is 9.59 Å². The minimum absolute atomic E-state index is 0.0459. The third-order valence-corrected chi connectivity index (χ3v) is 6.29. The summed E-state index contributed by atoms with van der Waals surface area (Å²) in [5.74, 6) is 0.718. The molecule has 7 nitrogen and oxygen atoms in total. The zero-order valence-electron chi connectivity index (χ0n) is 18.6. The number of carbonyl (C=O) groups is 2. The van der Waals surface area contributed by atoms with Crippen LogP contribution in [0.25, 0.3) is 0 Å². The summed E-state index contributed by atoms with van der Waals surface area (Å²) in [5.41, 5.74) is 3.64. The first-order chi connectivity index (χ1) is 14.8. The summed E-state index contributed by atoms with van der Waals surface area (Å²) in [6, 6.07) is 10.1. The predicted molar refractivity (Wildman–Crippen MR) is 121 cm³/mol. The van der Waals surface area contributed by atoms with Crippen LogP contribution < -0.4 is 0 Å². The Morgan fingerprint density at radius 3 is 2.52 bits per heavy atom. The molecule has 2 aromatic heterocycles. The molecule has 8 heteroatoms. The average molecular weight is 441 g/mol. The maximum Gasteiger partial charge on any atom is 0.192 e. The highest BCUT2D eigenvalue weighted by atomic mass is 32.2. The number of hydrogen-bond donors (Lipinski definition) is 1. The van der Waals surface area contributed by atoms with Gasteiger partial charge in [0.25, 0.3) is 0 Å². The van der Waals surface area contributed by atoms with Crippen molar-refractivity contribution < 1.29 is 14.3 Å². The van der Waals surface area contributed by atoms with Crippen LogP contribution in [0.15, 0.2) is 35.5 Å². The Morgan fingerprint density at radius 1 is 1.19 bits per heavy atom. The van der Waals surface area contributed by atoms with E-state index < -0.39 is 5.25 Å². The topological polar surface area (TPSA) is 89.9 Å². The summed E-state index contributed by atoms with van der Waals surface area (Å²) in [4.78, 5) is 28.1. The minimum Gasteiger partial charge on any atom is -0.383 e. The van der Waals surface area contributed by atoms with Crippen LogP contribution in [-0.2, 0) is 17.7 Å². The van der Waals surface area contributed by atoms with Crippen LogP contribution in [-0.4, -0.2) is 50.3 Å². The zero-order valence-corrected chi connectivity index (χ0v) is 19.4. The Kier molecular flexibility index (Phi) is 7.46. The predicted octanol–water partition coefficient (Wildman–Crippen LogP) is 4.03. The molecule has 0 saturated carbocycles. The molecule has 0 saturated heterocycles. The quantitative estimate of drug-likeness (QED) is 0.378. The molecule has 164 valence electrons. The molecule has 0 aliphatic carbocycles. The van der Waals surface area contributed by atoms with Gasteiger partial charge in [0.05, 0.1) is 17.6 Å². The van der Waals surface area contributed by atoms with Crippen LogP contribution in [0, 0.1) is 13.8 Å². The zero-order chi connectivity index (χ0) is 22.5. The Hall–Kier alpha value is -2.71. The third-order valence-electron chi connectivity index (χ3n) is 5.20. The first-order valence-electron chi connectivity index (χ1n) is 10.2. The summed E-state index contributed by atoms with van der Waals surface area (Å²) in [6.07, 6.45) is 0.650. The molecule has 0 bridgehead atoms. The third kappa shape index (κ3) is 5.14. The van der Waals surface area contributed by atoms with Gasteiger partial charge in [-0.2, -0.15) is 0 Å². The molecule has 0 unspecified atom stereocenters. The van der Waals surface area contributed by atoms with E-state index in [1.165, 1.54) is 18.7 Å². The summed E-state index contributed by atoms with van der Waals surface area (Å²) < 4.78 is 7.27. The normalized spacial score (nSPS) is 12.2. The van der Waals surface area contributed by atoms with Gasteiger partial charge in [0.15, 0.2) is 16.7 Å².